The fraction of sp³-hybridized carbons (Fsp3) is 0.474. The first-order chi connectivity index (χ1) is 10.9. The molecule has 23 heavy (non-hydrogen) atoms. The van der Waals surface area contributed by atoms with Gasteiger partial charge in [-0.15, -0.1) is 11.3 Å². The summed E-state index contributed by atoms with van der Waals surface area (Å²) < 4.78 is 0. The van der Waals surface area contributed by atoms with Crippen molar-refractivity contribution in [3.63, 3.8) is 0 Å². The van der Waals surface area contributed by atoms with Gasteiger partial charge in [0.25, 0.3) is 5.91 Å². The summed E-state index contributed by atoms with van der Waals surface area (Å²) in [6, 6.07) is 3.84. The number of nitrogens with one attached hydrogen (secondary N) is 1. The SMILES string of the molecule is Cc1cccnc1NC(=O)c1csc2c1CCC(C(C)(C)C)C2. The average molecular weight is 328 g/mol. The highest BCUT2D eigenvalue weighted by Gasteiger charge is 2.31. The van der Waals surface area contributed by atoms with Crippen LogP contribution in [-0.2, 0) is 12.8 Å². The molecule has 1 aliphatic carbocycles. The predicted molar refractivity (Wildman–Crippen MR) is 96.2 cm³/mol. The van der Waals surface area contributed by atoms with Gasteiger partial charge < -0.3 is 5.32 Å². The molecule has 1 amide bonds. The van der Waals surface area contributed by atoms with Gasteiger partial charge in [0.05, 0.1) is 5.56 Å². The number of nitrogens with zero attached hydrogens (tertiary/aromatic N) is 1. The minimum Gasteiger partial charge on any atom is -0.306 e. The van der Waals surface area contributed by atoms with E-state index in [0.717, 1.165) is 30.4 Å². The molecule has 0 radical (unpaired) electrons. The molecular formula is C19H24N2OS. The highest BCUT2D eigenvalue weighted by molar-refractivity contribution is 7.10. The number of anilines is 1. The third-order valence-corrected chi connectivity index (χ3v) is 5.92. The lowest BCUT2D eigenvalue weighted by Crippen LogP contribution is -2.27. The van der Waals surface area contributed by atoms with E-state index in [1.807, 2.05) is 24.4 Å². The molecule has 3 nitrogen and oxygen atoms in total. The van der Waals surface area contributed by atoms with E-state index in [-0.39, 0.29) is 5.91 Å². The number of pyridine rings is 1. The summed E-state index contributed by atoms with van der Waals surface area (Å²) >= 11 is 1.73. The van der Waals surface area contributed by atoms with E-state index in [4.69, 9.17) is 0 Å². The normalized spacial score (nSPS) is 17.7. The number of rotatable bonds is 2. The largest absolute Gasteiger partial charge is 0.306 e. The van der Waals surface area contributed by atoms with Crippen molar-refractivity contribution in [1.82, 2.24) is 4.98 Å². The van der Waals surface area contributed by atoms with Crippen molar-refractivity contribution in [3.05, 3.63) is 45.3 Å². The van der Waals surface area contributed by atoms with E-state index in [9.17, 15) is 4.79 Å². The molecule has 4 heteroatoms. The molecule has 0 bridgehead atoms. The Kier molecular flexibility index (Phi) is 4.28. The Bertz CT molecular complexity index is 727. The Balaban J connectivity index is 1.80. The van der Waals surface area contributed by atoms with Crippen molar-refractivity contribution in [1.29, 1.82) is 0 Å². The Labute approximate surface area is 142 Å². The maximum absolute atomic E-state index is 12.6. The number of carbonyl (C=O) groups is 1. The summed E-state index contributed by atoms with van der Waals surface area (Å²) in [5.41, 5.74) is 3.40. The zero-order valence-electron chi connectivity index (χ0n) is 14.3. The monoisotopic (exact) mass is 328 g/mol. The van der Waals surface area contributed by atoms with Crippen LogP contribution >= 0.6 is 11.3 Å². The van der Waals surface area contributed by atoms with Crippen LogP contribution in [0.3, 0.4) is 0 Å². The summed E-state index contributed by atoms with van der Waals surface area (Å²) in [7, 11) is 0. The van der Waals surface area contributed by atoms with Gasteiger partial charge in [-0.25, -0.2) is 4.98 Å². The topological polar surface area (TPSA) is 42.0 Å². The van der Waals surface area contributed by atoms with Gasteiger partial charge in [0.1, 0.15) is 5.82 Å². The van der Waals surface area contributed by atoms with Gasteiger partial charge in [-0.3, -0.25) is 4.79 Å². The third kappa shape index (κ3) is 3.32. The van der Waals surface area contributed by atoms with Gasteiger partial charge in [-0.05, 0) is 54.7 Å². The third-order valence-electron chi connectivity index (χ3n) is 4.87. The Hall–Kier alpha value is -1.68. The Morgan fingerprint density at radius 2 is 2.17 bits per heavy atom. The van der Waals surface area contributed by atoms with Crippen LogP contribution in [-0.4, -0.2) is 10.9 Å². The highest BCUT2D eigenvalue weighted by Crippen LogP contribution is 2.40. The molecule has 1 aliphatic rings. The minimum atomic E-state index is -0.0292. The number of amides is 1. The summed E-state index contributed by atoms with van der Waals surface area (Å²) in [6.45, 7) is 8.90. The van der Waals surface area contributed by atoms with E-state index in [0.29, 0.717) is 17.2 Å². The van der Waals surface area contributed by atoms with E-state index in [1.54, 1.807) is 17.5 Å². The van der Waals surface area contributed by atoms with Crippen molar-refractivity contribution >= 4 is 23.1 Å². The molecule has 0 spiro atoms. The van der Waals surface area contributed by atoms with Gasteiger partial charge in [0, 0.05) is 16.5 Å². The van der Waals surface area contributed by atoms with Gasteiger partial charge in [0.2, 0.25) is 0 Å². The smallest absolute Gasteiger partial charge is 0.257 e. The van der Waals surface area contributed by atoms with Crippen molar-refractivity contribution in [2.45, 2.75) is 47.0 Å². The van der Waals surface area contributed by atoms with Crippen LogP contribution in [0.2, 0.25) is 0 Å². The molecule has 0 aromatic carbocycles. The fourth-order valence-corrected chi connectivity index (χ4v) is 4.39. The molecular weight excluding hydrogens is 304 g/mol. The first-order valence-corrected chi connectivity index (χ1v) is 9.06. The number of hydrogen-bond donors (Lipinski definition) is 1. The summed E-state index contributed by atoms with van der Waals surface area (Å²) in [5.74, 6) is 1.32. The van der Waals surface area contributed by atoms with Crippen LogP contribution in [0.4, 0.5) is 5.82 Å². The zero-order valence-corrected chi connectivity index (χ0v) is 15.1. The fourth-order valence-electron chi connectivity index (χ4n) is 3.23. The summed E-state index contributed by atoms with van der Waals surface area (Å²) in [5, 5.41) is 4.98. The van der Waals surface area contributed by atoms with Crippen LogP contribution in [0.15, 0.2) is 23.7 Å². The van der Waals surface area contributed by atoms with Crippen LogP contribution in [0.25, 0.3) is 0 Å². The van der Waals surface area contributed by atoms with E-state index in [2.05, 4.69) is 31.1 Å². The molecule has 0 saturated carbocycles. The van der Waals surface area contributed by atoms with Gasteiger partial charge in [-0.2, -0.15) is 0 Å². The quantitative estimate of drug-likeness (QED) is 0.856. The number of hydrogen-bond acceptors (Lipinski definition) is 3. The molecule has 0 aliphatic heterocycles. The van der Waals surface area contributed by atoms with Crippen LogP contribution in [0.5, 0.6) is 0 Å². The number of aryl methyl sites for hydroxylation is 1. The average Bonchev–Trinajstić information content (AvgIpc) is 2.92. The molecule has 2 heterocycles. The minimum absolute atomic E-state index is 0.0292. The Morgan fingerprint density at radius 3 is 2.87 bits per heavy atom. The standard InChI is InChI=1S/C19H24N2OS/c1-12-6-5-9-20-17(12)21-18(22)15-11-23-16-10-13(19(2,3)4)7-8-14(15)16/h5-6,9,11,13H,7-8,10H2,1-4H3,(H,20,21,22). The maximum Gasteiger partial charge on any atom is 0.257 e. The molecule has 1 atom stereocenters. The maximum atomic E-state index is 12.6. The molecule has 0 saturated heterocycles. The molecule has 1 unspecified atom stereocenters. The van der Waals surface area contributed by atoms with Gasteiger partial charge in [-0.1, -0.05) is 26.8 Å². The van der Waals surface area contributed by atoms with E-state index >= 15 is 0 Å². The zero-order chi connectivity index (χ0) is 16.6. The highest BCUT2D eigenvalue weighted by atomic mass is 32.1. The number of carbonyl (C=O) groups excluding carboxylic acids is 1. The molecule has 122 valence electrons. The van der Waals surface area contributed by atoms with Crippen molar-refractivity contribution in [2.75, 3.05) is 5.32 Å². The van der Waals surface area contributed by atoms with Crippen molar-refractivity contribution in [3.8, 4) is 0 Å². The van der Waals surface area contributed by atoms with Crippen molar-refractivity contribution < 1.29 is 4.79 Å². The lowest BCUT2D eigenvalue weighted by molar-refractivity contribution is 0.102. The van der Waals surface area contributed by atoms with Crippen LogP contribution in [0.1, 0.15) is 53.6 Å². The number of fused-ring (bicyclic) bond motifs is 1. The molecule has 1 N–H and O–H groups in total. The second-order valence-corrected chi connectivity index (χ2v) is 8.44. The number of aromatic nitrogens is 1. The van der Waals surface area contributed by atoms with Crippen LogP contribution in [0, 0.1) is 18.3 Å². The van der Waals surface area contributed by atoms with E-state index < -0.39 is 0 Å². The molecule has 0 fully saturated rings. The second-order valence-electron chi connectivity index (χ2n) is 7.48. The summed E-state index contributed by atoms with van der Waals surface area (Å²) in [6.07, 6.45) is 4.97. The van der Waals surface area contributed by atoms with E-state index in [1.165, 1.54) is 10.4 Å². The van der Waals surface area contributed by atoms with Gasteiger partial charge in [0.15, 0.2) is 0 Å². The van der Waals surface area contributed by atoms with Crippen LogP contribution < -0.4 is 5.32 Å². The first-order valence-electron chi connectivity index (χ1n) is 8.18. The predicted octanol–water partition coefficient (Wildman–Crippen LogP) is 4.85. The summed E-state index contributed by atoms with van der Waals surface area (Å²) in [4.78, 5) is 18.3. The Morgan fingerprint density at radius 1 is 1.39 bits per heavy atom. The number of thiophene rings is 1. The molecule has 2 aromatic heterocycles. The van der Waals surface area contributed by atoms with Crippen molar-refractivity contribution in [2.24, 2.45) is 11.3 Å². The molecule has 3 rings (SSSR count). The molecule has 2 aromatic rings. The first kappa shape index (κ1) is 16.2. The lowest BCUT2D eigenvalue weighted by Gasteiger charge is -2.34. The van der Waals surface area contributed by atoms with Gasteiger partial charge >= 0.3 is 0 Å². The lowest BCUT2D eigenvalue weighted by atomic mass is 9.72. The second kappa shape index (κ2) is 6.08.